The van der Waals surface area contributed by atoms with Crippen LogP contribution in [-0.2, 0) is 0 Å². The average molecular weight is 458 g/mol. The molecule has 3 aromatic heterocycles. The third kappa shape index (κ3) is 4.43. The van der Waals surface area contributed by atoms with E-state index in [1.165, 1.54) is 12.3 Å². The van der Waals surface area contributed by atoms with Crippen LogP contribution >= 0.6 is 11.6 Å². The van der Waals surface area contributed by atoms with Gasteiger partial charge >= 0.3 is 0 Å². The van der Waals surface area contributed by atoms with E-state index in [4.69, 9.17) is 11.6 Å². The molecule has 5 rings (SSSR count). The first kappa shape index (κ1) is 20.4. The largest absolute Gasteiger partial charge is 0.324 e. The Morgan fingerprint density at radius 1 is 0.939 bits per heavy atom. The van der Waals surface area contributed by atoms with Gasteiger partial charge in [-0.05, 0) is 36.4 Å². The summed E-state index contributed by atoms with van der Waals surface area (Å²) in [5.74, 6) is 0.240. The molecule has 0 fully saturated rings. The molecule has 0 bridgehead atoms. The SMILES string of the molecule is O=C(Nc1nc2ccc(-c3cc(=O)[nH]c(Nc4ccccc4Cl)n3)cc2[nH]1)c1cccnc1. The smallest absolute Gasteiger partial charge is 0.259 e. The number of fused-ring (bicyclic) bond motifs is 1. The predicted octanol–water partition coefficient (Wildman–Crippen LogP) is 4.36. The fourth-order valence-corrected chi connectivity index (χ4v) is 3.44. The number of pyridine rings is 1. The molecule has 33 heavy (non-hydrogen) atoms. The van der Waals surface area contributed by atoms with Crippen LogP contribution in [0.15, 0.2) is 77.9 Å². The summed E-state index contributed by atoms with van der Waals surface area (Å²) in [6.07, 6.45) is 3.07. The molecule has 0 spiro atoms. The van der Waals surface area contributed by atoms with Crippen molar-refractivity contribution in [1.82, 2.24) is 24.9 Å². The van der Waals surface area contributed by atoms with Crippen molar-refractivity contribution in [3.05, 3.63) is 94.0 Å². The monoisotopic (exact) mass is 457 g/mol. The minimum Gasteiger partial charge on any atom is -0.324 e. The molecule has 5 aromatic rings. The molecular formula is C23H16ClN7O2. The van der Waals surface area contributed by atoms with Crippen LogP contribution in [-0.4, -0.2) is 30.8 Å². The molecule has 0 aliphatic heterocycles. The summed E-state index contributed by atoms with van der Waals surface area (Å²) in [6.45, 7) is 0. The molecule has 1 amide bonds. The van der Waals surface area contributed by atoms with Gasteiger partial charge in [0.2, 0.25) is 11.9 Å². The molecule has 9 nitrogen and oxygen atoms in total. The molecule has 0 unspecified atom stereocenters. The summed E-state index contributed by atoms with van der Waals surface area (Å²) in [6, 6.07) is 17.3. The van der Waals surface area contributed by atoms with Crippen molar-refractivity contribution < 1.29 is 4.79 Å². The first-order valence-corrected chi connectivity index (χ1v) is 10.3. The maximum absolute atomic E-state index is 12.4. The van der Waals surface area contributed by atoms with Crippen molar-refractivity contribution >= 4 is 46.1 Å². The molecule has 10 heteroatoms. The number of aromatic nitrogens is 5. The highest BCUT2D eigenvalue weighted by Gasteiger charge is 2.11. The van der Waals surface area contributed by atoms with Gasteiger partial charge in [-0.15, -0.1) is 0 Å². The van der Waals surface area contributed by atoms with Crippen LogP contribution in [0.1, 0.15) is 10.4 Å². The van der Waals surface area contributed by atoms with E-state index in [1.54, 1.807) is 42.6 Å². The van der Waals surface area contributed by atoms with Gasteiger partial charge in [0, 0.05) is 24.0 Å². The van der Waals surface area contributed by atoms with Gasteiger partial charge < -0.3 is 10.3 Å². The second-order valence-corrected chi connectivity index (χ2v) is 7.50. The van der Waals surface area contributed by atoms with Crippen LogP contribution in [0.25, 0.3) is 22.3 Å². The molecule has 0 atom stereocenters. The lowest BCUT2D eigenvalue weighted by atomic mass is 10.1. The van der Waals surface area contributed by atoms with Crippen molar-refractivity contribution in [3.63, 3.8) is 0 Å². The van der Waals surface area contributed by atoms with Crippen molar-refractivity contribution in [2.45, 2.75) is 0 Å². The van der Waals surface area contributed by atoms with Gasteiger partial charge in [-0.3, -0.25) is 24.9 Å². The van der Waals surface area contributed by atoms with Crippen molar-refractivity contribution in [2.24, 2.45) is 0 Å². The van der Waals surface area contributed by atoms with E-state index >= 15 is 0 Å². The van der Waals surface area contributed by atoms with Crippen LogP contribution in [0.3, 0.4) is 0 Å². The Bertz CT molecular complexity index is 1530. The van der Waals surface area contributed by atoms with Gasteiger partial charge in [0.25, 0.3) is 11.5 Å². The summed E-state index contributed by atoms with van der Waals surface area (Å²) in [5.41, 5.74) is 3.22. The first-order valence-electron chi connectivity index (χ1n) is 9.89. The maximum Gasteiger partial charge on any atom is 0.259 e. The van der Waals surface area contributed by atoms with Gasteiger partial charge in [0.05, 0.1) is 33.0 Å². The summed E-state index contributed by atoms with van der Waals surface area (Å²) in [7, 11) is 0. The summed E-state index contributed by atoms with van der Waals surface area (Å²) < 4.78 is 0. The summed E-state index contributed by atoms with van der Waals surface area (Å²) in [5, 5.41) is 6.25. The number of carbonyl (C=O) groups excluding carboxylic acids is 1. The molecule has 0 aliphatic carbocycles. The zero-order valence-electron chi connectivity index (χ0n) is 17.0. The fraction of sp³-hybridized carbons (Fsp3) is 0. The van der Waals surface area contributed by atoms with E-state index in [1.807, 2.05) is 18.2 Å². The maximum atomic E-state index is 12.4. The minimum absolute atomic E-state index is 0.264. The number of amides is 1. The zero-order chi connectivity index (χ0) is 22.8. The van der Waals surface area contributed by atoms with Gasteiger partial charge in [-0.25, -0.2) is 9.97 Å². The normalized spacial score (nSPS) is 10.8. The quantitative estimate of drug-likeness (QED) is 0.310. The Hall–Kier alpha value is -4.50. The number of hydrogen-bond donors (Lipinski definition) is 4. The standard InChI is InChI=1S/C23H16ClN7O2/c24-15-5-1-2-6-16(15)26-22-28-18(11-20(32)30-22)13-7-8-17-19(10-13)29-23(27-17)31-21(33)14-4-3-9-25-12-14/h1-12H,(H2,26,28,30,32)(H2,27,29,31,33). The molecule has 0 saturated heterocycles. The van der Waals surface area contributed by atoms with Crippen molar-refractivity contribution in [2.75, 3.05) is 10.6 Å². The second-order valence-electron chi connectivity index (χ2n) is 7.10. The number of hydrogen-bond acceptors (Lipinski definition) is 6. The molecule has 3 heterocycles. The molecule has 0 radical (unpaired) electrons. The number of imidazole rings is 1. The Kier molecular flexibility index (Phi) is 5.29. The molecule has 2 aromatic carbocycles. The Balaban J connectivity index is 1.43. The van der Waals surface area contributed by atoms with E-state index in [0.29, 0.717) is 44.5 Å². The minimum atomic E-state index is -0.325. The van der Waals surface area contributed by atoms with Gasteiger partial charge in [0.15, 0.2) is 0 Å². The molecule has 0 aliphatic rings. The number of para-hydroxylation sites is 1. The summed E-state index contributed by atoms with van der Waals surface area (Å²) >= 11 is 6.19. The number of rotatable bonds is 5. The third-order valence-corrected chi connectivity index (χ3v) is 5.13. The molecule has 162 valence electrons. The van der Waals surface area contributed by atoms with Gasteiger partial charge in [0.1, 0.15) is 0 Å². The average Bonchev–Trinajstić information content (AvgIpc) is 3.22. The van der Waals surface area contributed by atoms with Crippen molar-refractivity contribution in [3.8, 4) is 11.3 Å². The number of nitrogens with zero attached hydrogens (tertiary/aromatic N) is 3. The number of aromatic amines is 2. The van der Waals surface area contributed by atoms with Crippen LogP contribution in [0.4, 0.5) is 17.6 Å². The van der Waals surface area contributed by atoms with Crippen LogP contribution in [0, 0.1) is 0 Å². The van der Waals surface area contributed by atoms with E-state index in [9.17, 15) is 9.59 Å². The van der Waals surface area contributed by atoms with Crippen molar-refractivity contribution in [1.29, 1.82) is 0 Å². The highest BCUT2D eigenvalue weighted by atomic mass is 35.5. The summed E-state index contributed by atoms with van der Waals surface area (Å²) in [4.78, 5) is 43.2. The fourth-order valence-electron chi connectivity index (χ4n) is 3.26. The molecule has 0 saturated carbocycles. The highest BCUT2D eigenvalue weighted by molar-refractivity contribution is 6.33. The Morgan fingerprint density at radius 2 is 1.82 bits per heavy atom. The number of anilines is 3. The van der Waals surface area contributed by atoms with Crippen LogP contribution < -0.4 is 16.2 Å². The van der Waals surface area contributed by atoms with E-state index < -0.39 is 0 Å². The Labute approximate surface area is 191 Å². The number of nitrogens with one attached hydrogen (secondary N) is 4. The molecular weight excluding hydrogens is 442 g/mol. The second kappa shape index (κ2) is 8.56. The Morgan fingerprint density at radius 3 is 2.64 bits per heavy atom. The third-order valence-electron chi connectivity index (χ3n) is 4.80. The van der Waals surface area contributed by atoms with Gasteiger partial charge in [-0.2, -0.15) is 0 Å². The lowest BCUT2D eigenvalue weighted by Gasteiger charge is -2.08. The number of benzene rings is 2. The predicted molar refractivity (Wildman–Crippen MR) is 127 cm³/mol. The highest BCUT2D eigenvalue weighted by Crippen LogP contribution is 2.26. The topological polar surface area (TPSA) is 128 Å². The lowest BCUT2D eigenvalue weighted by Crippen LogP contribution is -2.12. The van der Waals surface area contributed by atoms with E-state index in [2.05, 4.69) is 35.6 Å². The number of carbonyl (C=O) groups is 1. The first-order chi connectivity index (χ1) is 16.0. The van der Waals surface area contributed by atoms with E-state index in [0.717, 1.165) is 0 Å². The lowest BCUT2D eigenvalue weighted by molar-refractivity contribution is 0.102. The zero-order valence-corrected chi connectivity index (χ0v) is 17.7. The molecule has 4 N–H and O–H groups in total. The number of H-pyrrole nitrogens is 2. The number of halogens is 1. The van der Waals surface area contributed by atoms with E-state index in [-0.39, 0.29) is 17.4 Å². The van der Waals surface area contributed by atoms with Crippen LogP contribution in [0.5, 0.6) is 0 Å². The van der Waals surface area contributed by atoms with Gasteiger partial charge in [-0.1, -0.05) is 29.8 Å². The van der Waals surface area contributed by atoms with Crippen LogP contribution in [0.2, 0.25) is 5.02 Å².